The van der Waals surface area contributed by atoms with Crippen LogP contribution < -0.4 is 10.1 Å². The first kappa shape index (κ1) is 18.1. The van der Waals surface area contributed by atoms with E-state index in [1.165, 1.54) is 12.1 Å². The van der Waals surface area contributed by atoms with Gasteiger partial charge in [-0.3, -0.25) is 4.79 Å². The van der Waals surface area contributed by atoms with Gasteiger partial charge in [0, 0.05) is 6.54 Å². The molecule has 0 aliphatic carbocycles. The molecule has 2 aromatic rings. The summed E-state index contributed by atoms with van der Waals surface area (Å²) in [6, 6.07) is 11.6. The smallest absolute Gasteiger partial charge is 0.416 e. The van der Waals surface area contributed by atoms with Crippen LogP contribution in [-0.4, -0.2) is 19.1 Å². The second-order valence-electron chi connectivity index (χ2n) is 5.01. The van der Waals surface area contributed by atoms with Crippen LogP contribution in [0.3, 0.4) is 0 Å². The summed E-state index contributed by atoms with van der Waals surface area (Å²) in [6.07, 6.45) is -3.92. The fraction of sp³-hybridized carbons (Fsp3) is 0.235. The van der Waals surface area contributed by atoms with Crippen LogP contribution in [0.4, 0.5) is 13.2 Å². The largest absolute Gasteiger partial charge is 0.482 e. The topological polar surface area (TPSA) is 38.3 Å². The molecule has 1 amide bonds. The summed E-state index contributed by atoms with van der Waals surface area (Å²) in [7, 11) is 0. The Morgan fingerprint density at radius 3 is 2.38 bits per heavy atom. The van der Waals surface area contributed by atoms with Crippen LogP contribution in [-0.2, 0) is 17.4 Å². The molecule has 24 heavy (non-hydrogen) atoms. The lowest BCUT2D eigenvalue weighted by molar-refractivity contribution is -0.137. The molecule has 2 aromatic carbocycles. The summed E-state index contributed by atoms with van der Waals surface area (Å²) in [5.74, 6) is 0.0823. The molecular formula is C17H15ClF3NO2. The molecule has 0 aromatic heterocycles. The van der Waals surface area contributed by atoms with Crippen molar-refractivity contribution in [2.75, 3.05) is 13.2 Å². The average molecular weight is 358 g/mol. The molecule has 0 unspecified atom stereocenters. The number of nitrogens with one attached hydrogen (secondary N) is 1. The minimum atomic E-state index is -4.34. The van der Waals surface area contributed by atoms with Crippen molar-refractivity contribution < 1.29 is 22.7 Å². The molecule has 0 atom stereocenters. The van der Waals surface area contributed by atoms with Crippen molar-refractivity contribution in [3.8, 4) is 5.75 Å². The summed E-state index contributed by atoms with van der Waals surface area (Å²) in [5.41, 5.74) is 0.0127. The molecule has 0 aliphatic heterocycles. The highest BCUT2D eigenvalue weighted by atomic mass is 35.5. The maximum Gasteiger partial charge on any atom is 0.416 e. The highest BCUT2D eigenvalue weighted by molar-refractivity contribution is 6.32. The second kappa shape index (κ2) is 8.06. The first-order valence-corrected chi connectivity index (χ1v) is 7.54. The molecule has 0 radical (unpaired) electrons. The lowest BCUT2D eigenvalue weighted by Gasteiger charge is -2.09. The molecule has 0 aliphatic rings. The van der Waals surface area contributed by atoms with E-state index in [-0.39, 0.29) is 12.5 Å². The maximum absolute atomic E-state index is 12.5. The molecule has 0 fully saturated rings. The van der Waals surface area contributed by atoms with E-state index in [0.717, 1.165) is 12.1 Å². The van der Waals surface area contributed by atoms with E-state index in [4.69, 9.17) is 16.3 Å². The minimum Gasteiger partial charge on any atom is -0.482 e. The minimum absolute atomic E-state index is 0.184. The molecule has 1 N–H and O–H groups in total. The van der Waals surface area contributed by atoms with Gasteiger partial charge in [-0.1, -0.05) is 35.9 Å². The lowest BCUT2D eigenvalue weighted by Crippen LogP contribution is -2.30. The first-order chi connectivity index (χ1) is 11.4. The van der Waals surface area contributed by atoms with Gasteiger partial charge < -0.3 is 10.1 Å². The third-order valence-corrected chi connectivity index (χ3v) is 3.52. The number of benzene rings is 2. The standard InChI is InChI=1S/C17H15ClF3NO2/c18-14-3-1-2-4-15(14)24-11-16(23)22-10-9-12-5-7-13(8-6-12)17(19,20)21/h1-8H,9-11H2,(H,22,23). The van der Waals surface area contributed by atoms with Crippen molar-refractivity contribution >= 4 is 17.5 Å². The third kappa shape index (κ3) is 5.45. The number of halogens is 4. The number of carbonyl (C=O) groups is 1. The monoisotopic (exact) mass is 357 g/mol. The zero-order valence-corrected chi connectivity index (χ0v) is 13.3. The van der Waals surface area contributed by atoms with Crippen molar-refractivity contribution in [2.24, 2.45) is 0 Å². The molecule has 2 rings (SSSR count). The Hall–Kier alpha value is -2.21. The van der Waals surface area contributed by atoms with Crippen molar-refractivity contribution in [1.29, 1.82) is 0 Å². The van der Waals surface area contributed by atoms with E-state index in [2.05, 4.69) is 5.32 Å². The Morgan fingerprint density at radius 2 is 1.75 bits per heavy atom. The van der Waals surface area contributed by atoms with Crippen LogP contribution in [0, 0.1) is 0 Å². The highest BCUT2D eigenvalue weighted by Gasteiger charge is 2.29. The number of hydrogen-bond donors (Lipinski definition) is 1. The molecule has 0 heterocycles. The molecule has 7 heteroatoms. The van der Waals surface area contributed by atoms with Gasteiger partial charge in [-0.15, -0.1) is 0 Å². The fourth-order valence-corrected chi connectivity index (χ4v) is 2.15. The molecule has 0 spiro atoms. The van der Waals surface area contributed by atoms with Gasteiger partial charge >= 0.3 is 6.18 Å². The Kier molecular flexibility index (Phi) is 6.09. The van der Waals surface area contributed by atoms with Crippen LogP contribution in [0.1, 0.15) is 11.1 Å². The molecule has 0 bridgehead atoms. The fourth-order valence-electron chi connectivity index (χ4n) is 1.96. The van der Waals surface area contributed by atoms with E-state index >= 15 is 0 Å². The summed E-state index contributed by atoms with van der Waals surface area (Å²) in [4.78, 5) is 11.7. The van der Waals surface area contributed by atoms with Gasteiger partial charge in [-0.05, 0) is 36.2 Å². The zero-order valence-electron chi connectivity index (χ0n) is 12.6. The molecule has 0 saturated heterocycles. The van der Waals surface area contributed by atoms with Gasteiger partial charge in [-0.2, -0.15) is 13.2 Å². The van der Waals surface area contributed by atoms with E-state index in [0.29, 0.717) is 29.3 Å². The van der Waals surface area contributed by atoms with Gasteiger partial charge in [0.05, 0.1) is 10.6 Å². The number of para-hydroxylation sites is 1. The highest BCUT2D eigenvalue weighted by Crippen LogP contribution is 2.29. The van der Waals surface area contributed by atoms with Gasteiger partial charge in [-0.25, -0.2) is 0 Å². The summed E-state index contributed by atoms with van der Waals surface area (Å²) >= 11 is 5.90. The molecule has 3 nitrogen and oxygen atoms in total. The van der Waals surface area contributed by atoms with Gasteiger partial charge in [0.15, 0.2) is 6.61 Å². The van der Waals surface area contributed by atoms with Crippen LogP contribution in [0.15, 0.2) is 48.5 Å². The van der Waals surface area contributed by atoms with Gasteiger partial charge in [0.1, 0.15) is 5.75 Å². The Bertz CT molecular complexity index is 687. The predicted octanol–water partition coefficient (Wildman–Crippen LogP) is 4.10. The van der Waals surface area contributed by atoms with Crippen molar-refractivity contribution in [3.05, 3.63) is 64.7 Å². The van der Waals surface area contributed by atoms with Crippen LogP contribution in [0.2, 0.25) is 5.02 Å². The van der Waals surface area contributed by atoms with Crippen molar-refractivity contribution in [3.63, 3.8) is 0 Å². The number of ether oxygens (including phenoxy) is 1. The van der Waals surface area contributed by atoms with Gasteiger partial charge in [0.25, 0.3) is 5.91 Å². The van der Waals surface area contributed by atoms with Crippen molar-refractivity contribution in [2.45, 2.75) is 12.6 Å². The average Bonchev–Trinajstić information content (AvgIpc) is 2.54. The normalized spacial score (nSPS) is 11.2. The second-order valence-corrected chi connectivity index (χ2v) is 5.42. The first-order valence-electron chi connectivity index (χ1n) is 7.16. The Labute approximate surface area is 142 Å². The quantitative estimate of drug-likeness (QED) is 0.845. The molecule has 0 saturated carbocycles. The van der Waals surface area contributed by atoms with Crippen LogP contribution in [0.5, 0.6) is 5.75 Å². The van der Waals surface area contributed by atoms with Crippen LogP contribution >= 0.6 is 11.6 Å². The number of carbonyl (C=O) groups excluding carboxylic acids is 1. The zero-order chi connectivity index (χ0) is 17.6. The molecule has 128 valence electrons. The number of alkyl halides is 3. The number of rotatable bonds is 6. The maximum atomic E-state index is 12.5. The van der Waals surface area contributed by atoms with E-state index in [1.54, 1.807) is 24.3 Å². The Balaban J connectivity index is 1.74. The summed E-state index contributed by atoms with van der Waals surface area (Å²) in [6.45, 7) is 0.118. The Morgan fingerprint density at radius 1 is 1.08 bits per heavy atom. The van der Waals surface area contributed by atoms with Gasteiger partial charge in [0.2, 0.25) is 0 Å². The van der Waals surface area contributed by atoms with Crippen LogP contribution in [0.25, 0.3) is 0 Å². The summed E-state index contributed by atoms with van der Waals surface area (Å²) < 4.78 is 42.6. The predicted molar refractivity (Wildman–Crippen MR) is 85.1 cm³/mol. The van der Waals surface area contributed by atoms with Crippen molar-refractivity contribution in [1.82, 2.24) is 5.32 Å². The SMILES string of the molecule is O=C(COc1ccccc1Cl)NCCc1ccc(C(F)(F)F)cc1. The lowest BCUT2D eigenvalue weighted by atomic mass is 10.1. The van der Waals surface area contributed by atoms with E-state index < -0.39 is 11.7 Å². The third-order valence-electron chi connectivity index (χ3n) is 3.21. The van der Waals surface area contributed by atoms with E-state index in [1.807, 2.05) is 0 Å². The number of hydrogen-bond acceptors (Lipinski definition) is 2. The van der Waals surface area contributed by atoms with E-state index in [9.17, 15) is 18.0 Å². The number of amides is 1. The molecular weight excluding hydrogens is 343 g/mol. The summed E-state index contributed by atoms with van der Waals surface area (Å²) in [5, 5.41) is 3.05.